The van der Waals surface area contributed by atoms with E-state index in [1.807, 2.05) is 19.1 Å². The van der Waals surface area contributed by atoms with Crippen molar-refractivity contribution < 1.29 is 14.7 Å². The van der Waals surface area contributed by atoms with Gasteiger partial charge in [-0.2, -0.15) is 0 Å². The number of carboxylic acids is 1. The highest BCUT2D eigenvalue weighted by atomic mass is 16.4. The van der Waals surface area contributed by atoms with Crippen molar-refractivity contribution in [3.8, 4) is 0 Å². The van der Waals surface area contributed by atoms with Crippen LogP contribution in [0, 0.1) is 0 Å². The van der Waals surface area contributed by atoms with E-state index >= 15 is 0 Å². The summed E-state index contributed by atoms with van der Waals surface area (Å²) < 4.78 is 1.40. The standard InChI is InChI=1S/C15H17N3O3/c1-2-11-5-3-7-16-12(11)9-17-14(19)10-18-8-4-6-13(18)15(20)21/h3-8H,2,9-10H2,1H3,(H,17,19)(H,20,21). The molecule has 0 aromatic carbocycles. The molecule has 2 heterocycles. The Labute approximate surface area is 122 Å². The van der Waals surface area contributed by atoms with Gasteiger partial charge in [0.25, 0.3) is 0 Å². The van der Waals surface area contributed by atoms with Crippen LogP contribution in [-0.2, 0) is 24.3 Å². The van der Waals surface area contributed by atoms with Crippen molar-refractivity contribution in [3.63, 3.8) is 0 Å². The highest BCUT2D eigenvalue weighted by Gasteiger charge is 2.12. The van der Waals surface area contributed by atoms with Crippen LogP contribution in [0.3, 0.4) is 0 Å². The predicted molar refractivity (Wildman–Crippen MR) is 76.9 cm³/mol. The summed E-state index contributed by atoms with van der Waals surface area (Å²) in [6, 6.07) is 6.90. The molecule has 2 aromatic rings. The Hall–Kier alpha value is -2.63. The monoisotopic (exact) mass is 287 g/mol. The number of aromatic nitrogens is 2. The van der Waals surface area contributed by atoms with Crippen molar-refractivity contribution in [3.05, 3.63) is 53.6 Å². The van der Waals surface area contributed by atoms with Gasteiger partial charge in [0, 0.05) is 12.4 Å². The van der Waals surface area contributed by atoms with Gasteiger partial charge in [-0.3, -0.25) is 9.78 Å². The van der Waals surface area contributed by atoms with Gasteiger partial charge in [-0.1, -0.05) is 13.0 Å². The molecule has 0 radical (unpaired) electrons. The number of amides is 1. The maximum absolute atomic E-state index is 11.9. The second kappa shape index (κ2) is 6.69. The third-order valence-corrected chi connectivity index (χ3v) is 3.18. The summed E-state index contributed by atoms with van der Waals surface area (Å²) in [6.07, 6.45) is 4.11. The molecule has 2 aromatic heterocycles. The average Bonchev–Trinajstić information content (AvgIpc) is 2.93. The Morgan fingerprint density at radius 1 is 1.33 bits per heavy atom. The van der Waals surface area contributed by atoms with E-state index in [-0.39, 0.29) is 18.1 Å². The average molecular weight is 287 g/mol. The first-order chi connectivity index (χ1) is 10.1. The van der Waals surface area contributed by atoms with Gasteiger partial charge in [-0.15, -0.1) is 0 Å². The molecule has 110 valence electrons. The number of carbonyl (C=O) groups is 2. The van der Waals surface area contributed by atoms with Crippen LogP contribution < -0.4 is 5.32 Å². The smallest absolute Gasteiger partial charge is 0.352 e. The maximum Gasteiger partial charge on any atom is 0.352 e. The van der Waals surface area contributed by atoms with Gasteiger partial charge in [0.2, 0.25) is 5.91 Å². The number of nitrogens with zero attached hydrogens (tertiary/aromatic N) is 2. The van der Waals surface area contributed by atoms with Crippen molar-refractivity contribution >= 4 is 11.9 Å². The number of aryl methyl sites for hydroxylation is 1. The summed E-state index contributed by atoms with van der Waals surface area (Å²) in [5.41, 5.74) is 2.02. The molecule has 2 N–H and O–H groups in total. The fourth-order valence-electron chi connectivity index (χ4n) is 2.09. The van der Waals surface area contributed by atoms with E-state index in [0.717, 1.165) is 17.7 Å². The van der Waals surface area contributed by atoms with E-state index < -0.39 is 5.97 Å². The number of carbonyl (C=O) groups excluding carboxylic acids is 1. The lowest BCUT2D eigenvalue weighted by molar-refractivity contribution is -0.121. The Kier molecular flexibility index (Phi) is 4.71. The number of nitrogens with one attached hydrogen (secondary N) is 1. The van der Waals surface area contributed by atoms with Gasteiger partial charge >= 0.3 is 5.97 Å². The molecule has 2 rings (SSSR count). The molecule has 0 bridgehead atoms. The van der Waals surface area contributed by atoms with Gasteiger partial charge < -0.3 is 15.0 Å². The number of hydrogen-bond donors (Lipinski definition) is 2. The first-order valence-electron chi connectivity index (χ1n) is 6.69. The van der Waals surface area contributed by atoms with Crippen LogP contribution >= 0.6 is 0 Å². The lowest BCUT2D eigenvalue weighted by Gasteiger charge is -2.09. The summed E-state index contributed by atoms with van der Waals surface area (Å²) in [7, 11) is 0. The summed E-state index contributed by atoms with van der Waals surface area (Å²) >= 11 is 0. The second-order valence-electron chi connectivity index (χ2n) is 4.57. The molecule has 1 amide bonds. The highest BCUT2D eigenvalue weighted by molar-refractivity contribution is 5.86. The third kappa shape index (κ3) is 3.68. The summed E-state index contributed by atoms with van der Waals surface area (Å²) in [6.45, 7) is 2.34. The highest BCUT2D eigenvalue weighted by Crippen LogP contribution is 2.06. The first kappa shape index (κ1) is 14.8. The van der Waals surface area contributed by atoms with Gasteiger partial charge in [0.1, 0.15) is 12.2 Å². The number of carboxylic acid groups (broad SMARTS) is 1. The molecule has 0 fully saturated rings. The lowest BCUT2D eigenvalue weighted by atomic mass is 10.1. The van der Waals surface area contributed by atoms with E-state index in [4.69, 9.17) is 5.11 Å². The molecular weight excluding hydrogens is 270 g/mol. The van der Waals surface area contributed by atoms with Crippen LogP contribution in [0.15, 0.2) is 36.7 Å². The van der Waals surface area contributed by atoms with Gasteiger partial charge in [0.05, 0.1) is 12.2 Å². The van der Waals surface area contributed by atoms with Crippen molar-refractivity contribution in [2.45, 2.75) is 26.4 Å². The van der Waals surface area contributed by atoms with Crippen molar-refractivity contribution in [2.75, 3.05) is 0 Å². The molecule has 6 nitrogen and oxygen atoms in total. The largest absolute Gasteiger partial charge is 0.477 e. The van der Waals surface area contributed by atoms with Crippen LogP contribution in [0.25, 0.3) is 0 Å². The minimum Gasteiger partial charge on any atom is -0.477 e. The summed E-state index contributed by atoms with van der Waals surface area (Å²) in [5, 5.41) is 11.7. The number of pyridine rings is 1. The first-order valence-corrected chi connectivity index (χ1v) is 6.69. The Balaban J connectivity index is 1.96. The molecule has 0 saturated carbocycles. The van der Waals surface area contributed by atoms with Gasteiger partial charge in [0.15, 0.2) is 0 Å². The zero-order valence-corrected chi connectivity index (χ0v) is 11.7. The molecule has 0 aliphatic heterocycles. The SMILES string of the molecule is CCc1cccnc1CNC(=O)Cn1cccc1C(=O)O. The second-order valence-corrected chi connectivity index (χ2v) is 4.57. The predicted octanol–water partition coefficient (Wildman–Crippen LogP) is 1.46. The molecular formula is C15H17N3O3. The third-order valence-electron chi connectivity index (χ3n) is 3.18. The molecule has 0 aliphatic carbocycles. The van der Waals surface area contributed by atoms with E-state index in [9.17, 15) is 9.59 Å². The van der Waals surface area contributed by atoms with Crippen LogP contribution in [-0.4, -0.2) is 26.5 Å². The topological polar surface area (TPSA) is 84.2 Å². The molecule has 6 heteroatoms. The number of rotatable bonds is 6. The van der Waals surface area contributed by atoms with E-state index in [0.29, 0.717) is 6.54 Å². The summed E-state index contributed by atoms with van der Waals surface area (Å²) in [4.78, 5) is 27.1. The van der Waals surface area contributed by atoms with Crippen molar-refractivity contribution in [1.82, 2.24) is 14.9 Å². The molecule has 0 aliphatic rings. The van der Waals surface area contributed by atoms with Crippen LogP contribution in [0.4, 0.5) is 0 Å². The Morgan fingerprint density at radius 2 is 2.14 bits per heavy atom. The minimum absolute atomic E-state index is 0.0249. The Morgan fingerprint density at radius 3 is 2.86 bits per heavy atom. The zero-order chi connectivity index (χ0) is 15.2. The fourth-order valence-corrected chi connectivity index (χ4v) is 2.09. The summed E-state index contributed by atoms with van der Waals surface area (Å²) in [5.74, 6) is -1.30. The van der Waals surface area contributed by atoms with Gasteiger partial charge in [-0.25, -0.2) is 4.79 Å². The van der Waals surface area contributed by atoms with Crippen molar-refractivity contribution in [1.29, 1.82) is 0 Å². The molecule has 0 unspecified atom stereocenters. The normalized spacial score (nSPS) is 10.3. The van der Waals surface area contributed by atoms with E-state index in [1.54, 1.807) is 18.5 Å². The molecule has 0 saturated heterocycles. The maximum atomic E-state index is 11.9. The minimum atomic E-state index is -1.05. The molecule has 0 atom stereocenters. The Bertz CT molecular complexity index is 649. The number of hydrogen-bond acceptors (Lipinski definition) is 3. The number of aromatic carboxylic acids is 1. The van der Waals surface area contributed by atoms with Crippen LogP contribution in [0.1, 0.15) is 28.7 Å². The van der Waals surface area contributed by atoms with Crippen LogP contribution in [0.2, 0.25) is 0 Å². The molecule has 21 heavy (non-hydrogen) atoms. The van der Waals surface area contributed by atoms with E-state index in [2.05, 4.69) is 10.3 Å². The quantitative estimate of drug-likeness (QED) is 0.842. The molecule has 0 spiro atoms. The zero-order valence-electron chi connectivity index (χ0n) is 11.7. The van der Waals surface area contributed by atoms with Gasteiger partial charge in [-0.05, 0) is 30.2 Å². The van der Waals surface area contributed by atoms with Crippen LogP contribution in [0.5, 0.6) is 0 Å². The van der Waals surface area contributed by atoms with E-state index in [1.165, 1.54) is 10.6 Å². The lowest BCUT2D eigenvalue weighted by Crippen LogP contribution is -2.28. The van der Waals surface area contributed by atoms with Crippen molar-refractivity contribution in [2.24, 2.45) is 0 Å². The fraction of sp³-hybridized carbons (Fsp3) is 0.267.